The molecular weight excluding hydrogens is 253 g/mol. The lowest BCUT2D eigenvalue weighted by Gasteiger charge is -2.01. The highest BCUT2D eigenvalue weighted by atomic mass is 19.1. The lowest BCUT2D eigenvalue weighted by Crippen LogP contribution is -2.03. The number of nitrogens with two attached hydrogens (primary N) is 1. The monoisotopic (exact) mass is 265 g/mol. The summed E-state index contributed by atoms with van der Waals surface area (Å²) in [5.41, 5.74) is 6.30. The van der Waals surface area contributed by atoms with Gasteiger partial charge in [-0.25, -0.2) is 9.07 Å². The van der Waals surface area contributed by atoms with Crippen molar-refractivity contribution in [2.75, 3.05) is 6.54 Å². The summed E-state index contributed by atoms with van der Waals surface area (Å²) in [5, 5.41) is 18.4. The van der Waals surface area contributed by atoms with Gasteiger partial charge in [0.15, 0.2) is 0 Å². The van der Waals surface area contributed by atoms with Crippen LogP contribution in [0.25, 0.3) is 0 Å². The van der Waals surface area contributed by atoms with Crippen LogP contribution in [-0.4, -0.2) is 26.5 Å². The van der Waals surface area contributed by atoms with E-state index in [1.807, 2.05) is 0 Å². The summed E-state index contributed by atoms with van der Waals surface area (Å²) in [5.74, 6) is -0.647. The van der Waals surface area contributed by atoms with E-state index in [9.17, 15) is 14.5 Å². The first-order valence-electron chi connectivity index (χ1n) is 5.61. The van der Waals surface area contributed by atoms with Crippen molar-refractivity contribution in [1.29, 1.82) is 0 Å². The van der Waals surface area contributed by atoms with E-state index in [-0.39, 0.29) is 12.2 Å². The largest absolute Gasteiger partial charge is 0.330 e. The van der Waals surface area contributed by atoms with Gasteiger partial charge < -0.3 is 5.73 Å². The van der Waals surface area contributed by atoms with Gasteiger partial charge in [0.25, 0.3) is 5.69 Å². The predicted octanol–water partition coefficient (Wildman–Crippen LogP) is 0.875. The maximum Gasteiger partial charge on any atom is 0.272 e. The topological polar surface area (TPSA) is 99.9 Å². The molecule has 1 aromatic carbocycles. The Labute approximate surface area is 108 Å². The Morgan fingerprint density at radius 1 is 1.42 bits per heavy atom. The molecule has 2 rings (SSSR count). The van der Waals surface area contributed by atoms with E-state index in [0.29, 0.717) is 18.5 Å². The molecule has 2 N–H and O–H groups in total. The van der Waals surface area contributed by atoms with Crippen LogP contribution >= 0.6 is 0 Å². The second-order valence-corrected chi connectivity index (χ2v) is 4.02. The van der Waals surface area contributed by atoms with Crippen molar-refractivity contribution in [1.82, 2.24) is 15.0 Å². The number of halogens is 1. The SMILES string of the molecule is NCCc1cn(Cc2cc(F)cc([N+](=O)[O-])c2)nn1. The average Bonchev–Trinajstić information content (AvgIpc) is 2.76. The van der Waals surface area contributed by atoms with Crippen molar-refractivity contribution >= 4 is 5.69 Å². The third kappa shape index (κ3) is 3.32. The molecule has 1 heterocycles. The number of hydrogen-bond acceptors (Lipinski definition) is 5. The fraction of sp³-hybridized carbons (Fsp3) is 0.273. The molecule has 2 aromatic rings. The fourth-order valence-corrected chi connectivity index (χ4v) is 1.70. The third-order valence-corrected chi connectivity index (χ3v) is 2.48. The van der Waals surface area contributed by atoms with E-state index in [1.54, 1.807) is 6.20 Å². The Hall–Kier alpha value is -2.35. The summed E-state index contributed by atoms with van der Waals surface area (Å²) in [6.45, 7) is 0.681. The zero-order chi connectivity index (χ0) is 13.8. The van der Waals surface area contributed by atoms with Gasteiger partial charge in [-0.1, -0.05) is 5.21 Å². The van der Waals surface area contributed by atoms with Gasteiger partial charge in [-0.2, -0.15) is 0 Å². The average molecular weight is 265 g/mol. The van der Waals surface area contributed by atoms with Crippen molar-refractivity contribution < 1.29 is 9.31 Å². The Kier molecular flexibility index (Phi) is 3.81. The number of non-ortho nitro benzene ring substituents is 1. The van der Waals surface area contributed by atoms with Gasteiger partial charge in [-0.15, -0.1) is 5.10 Å². The van der Waals surface area contributed by atoms with Gasteiger partial charge in [-0.3, -0.25) is 10.1 Å². The minimum Gasteiger partial charge on any atom is -0.330 e. The van der Waals surface area contributed by atoms with Gasteiger partial charge in [-0.05, 0) is 18.2 Å². The fourth-order valence-electron chi connectivity index (χ4n) is 1.70. The summed E-state index contributed by atoms with van der Waals surface area (Å²) in [7, 11) is 0. The molecular formula is C11H12FN5O2. The van der Waals surface area contributed by atoms with E-state index in [4.69, 9.17) is 5.73 Å². The first-order valence-corrected chi connectivity index (χ1v) is 5.61. The van der Waals surface area contributed by atoms with Crippen molar-refractivity contribution in [2.24, 2.45) is 5.73 Å². The normalized spacial score (nSPS) is 10.6. The molecule has 100 valence electrons. The van der Waals surface area contributed by atoms with Crippen LogP contribution in [0.3, 0.4) is 0 Å². The van der Waals surface area contributed by atoms with Crippen LogP contribution in [0.1, 0.15) is 11.3 Å². The van der Waals surface area contributed by atoms with Gasteiger partial charge >= 0.3 is 0 Å². The van der Waals surface area contributed by atoms with E-state index in [2.05, 4.69) is 10.3 Å². The first kappa shape index (κ1) is 13.1. The van der Waals surface area contributed by atoms with Crippen molar-refractivity contribution in [3.63, 3.8) is 0 Å². The molecule has 7 nitrogen and oxygen atoms in total. The van der Waals surface area contributed by atoms with Crippen LogP contribution in [0, 0.1) is 15.9 Å². The molecule has 0 radical (unpaired) electrons. The van der Waals surface area contributed by atoms with Crippen LogP contribution in [0.4, 0.5) is 10.1 Å². The van der Waals surface area contributed by atoms with Crippen LogP contribution in [0.5, 0.6) is 0 Å². The standard InChI is InChI=1S/C11H12FN5O2/c12-9-3-8(4-11(5-9)17(18)19)6-16-7-10(1-2-13)14-15-16/h3-5,7H,1-2,6,13H2. The Balaban J connectivity index is 2.19. The second-order valence-electron chi connectivity index (χ2n) is 4.02. The number of nitrogens with zero attached hydrogens (tertiary/aromatic N) is 4. The molecule has 0 aliphatic carbocycles. The highest BCUT2D eigenvalue weighted by Gasteiger charge is 2.10. The van der Waals surface area contributed by atoms with Gasteiger partial charge in [0, 0.05) is 18.7 Å². The smallest absolute Gasteiger partial charge is 0.272 e. The maximum atomic E-state index is 13.3. The molecule has 0 bridgehead atoms. The van der Waals surface area contributed by atoms with Crippen LogP contribution < -0.4 is 5.73 Å². The zero-order valence-electron chi connectivity index (χ0n) is 9.99. The number of hydrogen-bond donors (Lipinski definition) is 1. The molecule has 0 aliphatic rings. The Bertz CT molecular complexity index is 599. The highest BCUT2D eigenvalue weighted by Crippen LogP contribution is 2.17. The number of nitro groups is 1. The molecule has 0 aliphatic heterocycles. The number of aromatic nitrogens is 3. The molecule has 0 saturated heterocycles. The minimum absolute atomic E-state index is 0.218. The number of benzene rings is 1. The first-order chi connectivity index (χ1) is 9.08. The highest BCUT2D eigenvalue weighted by molar-refractivity contribution is 5.35. The summed E-state index contributed by atoms with van der Waals surface area (Å²) in [6.07, 6.45) is 2.28. The van der Waals surface area contributed by atoms with Crippen LogP contribution in [0.15, 0.2) is 24.4 Å². The molecule has 8 heteroatoms. The predicted molar refractivity (Wildman–Crippen MR) is 64.9 cm³/mol. The minimum atomic E-state index is -0.647. The van der Waals surface area contributed by atoms with Gasteiger partial charge in [0.05, 0.1) is 23.2 Å². The number of nitro benzene ring substituents is 1. The second kappa shape index (κ2) is 5.53. The van der Waals surface area contributed by atoms with Crippen LogP contribution in [0.2, 0.25) is 0 Å². The molecule has 0 atom stereocenters. The summed E-state index contributed by atoms with van der Waals surface area (Å²) < 4.78 is 14.7. The summed E-state index contributed by atoms with van der Waals surface area (Å²) in [6, 6.07) is 3.43. The Morgan fingerprint density at radius 2 is 2.21 bits per heavy atom. The molecule has 0 saturated carbocycles. The number of rotatable bonds is 5. The van der Waals surface area contributed by atoms with Gasteiger partial charge in [0.1, 0.15) is 5.82 Å². The molecule has 19 heavy (non-hydrogen) atoms. The maximum absolute atomic E-state index is 13.3. The van der Waals surface area contributed by atoms with Gasteiger partial charge in [0.2, 0.25) is 0 Å². The summed E-state index contributed by atoms with van der Waals surface area (Å²) in [4.78, 5) is 10.0. The van der Waals surface area contributed by atoms with Crippen molar-refractivity contribution in [3.05, 3.63) is 51.6 Å². The third-order valence-electron chi connectivity index (χ3n) is 2.48. The lowest BCUT2D eigenvalue weighted by molar-refractivity contribution is -0.385. The molecule has 1 aromatic heterocycles. The lowest BCUT2D eigenvalue weighted by atomic mass is 10.2. The molecule has 0 unspecified atom stereocenters. The quantitative estimate of drug-likeness (QED) is 0.638. The van der Waals surface area contributed by atoms with Crippen molar-refractivity contribution in [3.8, 4) is 0 Å². The van der Waals surface area contributed by atoms with E-state index in [0.717, 1.165) is 11.8 Å². The van der Waals surface area contributed by atoms with E-state index >= 15 is 0 Å². The van der Waals surface area contributed by atoms with Crippen molar-refractivity contribution in [2.45, 2.75) is 13.0 Å². The Morgan fingerprint density at radius 3 is 2.89 bits per heavy atom. The molecule has 0 spiro atoms. The van der Waals surface area contributed by atoms with E-state index < -0.39 is 10.7 Å². The molecule has 0 amide bonds. The van der Waals surface area contributed by atoms with Crippen LogP contribution in [-0.2, 0) is 13.0 Å². The molecule has 0 fully saturated rings. The summed E-state index contributed by atoms with van der Waals surface area (Å²) >= 11 is 0. The van der Waals surface area contributed by atoms with E-state index in [1.165, 1.54) is 16.8 Å². The zero-order valence-corrected chi connectivity index (χ0v) is 9.99.